The Morgan fingerprint density at radius 1 is 1.03 bits per heavy atom. The number of benzene rings is 1. The number of amides is 2. The molecule has 7 atom stereocenters. The SMILES string of the molecule is Cc1ccc(C(=O)COC(=O)[C@H](C)N2C(=O)[C@@H]3[C@H]4C=C[C@@H]([C@@H]5C[C@@H]45)[C@H]3C2=O)cc1C. The molecule has 2 saturated carbocycles. The smallest absolute Gasteiger partial charge is 0.329 e. The van der Waals surface area contributed by atoms with Crippen molar-refractivity contribution in [1.29, 1.82) is 0 Å². The van der Waals surface area contributed by atoms with Gasteiger partial charge in [0.25, 0.3) is 0 Å². The van der Waals surface area contributed by atoms with E-state index in [0.29, 0.717) is 17.4 Å². The summed E-state index contributed by atoms with van der Waals surface area (Å²) in [4.78, 5) is 52.2. The van der Waals surface area contributed by atoms with E-state index in [9.17, 15) is 19.2 Å². The molecule has 0 radical (unpaired) electrons. The van der Waals surface area contributed by atoms with Gasteiger partial charge in [-0.3, -0.25) is 19.3 Å². The van der Waals surface area contributed by atoms with Gasteiger partial charge in [0.1, 0.15) is 6.04 Å². The molecule has 1 heterocycles. The first kappa shape index (κ1) is 19.2. The molecule has 2 amide bonds. The molecule has 1 aromatic rings. The summed E-state index contributed by atoms with van der Waals surface area (Å²) in [6.45, 7) is 4.96. The van der Waals surface area contributed by atoms with Crippen molar-refractivity contribution in [3.05, 3.63) is 47.0 Å². The average molecular weight is 407 g/mol. The number of likely N-dealkylation sites (tertiary alicyclic amines) is 1. The van der Waals surface area contributed by atoms with Crippen molar-refractivity contribution >= 4 is 23.6 Å². The Morgan fingerprint density at radius 3 is 2.20 bits per heavy atom. The highest BCUT2D eigenvalue weighted by Crippen LogP contribution is 2.65. The topological polar surface area (TPSA) is 80.8 Å². The Hall–Kier alpha value is -2.76. The van der Waals surface area contributed by atoms with Crippen molar-refractivity contribution in [2.75, 3.05) is 6.61 Å². The lowest BCUT2D eigenvalue weighted by atomic mass is 9.63. The summed E-state index contributed by atoms with van der Waals surface area (Å²) < 4.78 is 5.20. The monoisotopic (exact) mass is 407 g/mol. The van der Waals surface area contributed by atoms with Crippen molar-refractivity contribution in [2.24, 2.45) is 35.5 Å². The van der Waals surface area contributed by atoms with E-state index in [1.807, 2.05) is 19.9 Å². The lowest BCUT2D eigenvalue weighted by Crippen LogP contribution is -2.45. The number of hydrogen-bond acceptors (Lipinski definition) is 5. The number of ketones is 1. The van der Waals surface area contributed by atoms with Crippen molar-refractivity contribution in [1.82, 2.24) is 4.90 Å². The molecule has 0 spiro atoms. The molecule has 0 N–H and O–H groups in total. The van der Waals surface area contributed by atoms with Gasteiger partial charge in [-0.15, -0.1) is 0 Å². The van der Waals surface area contributed by atoms with Crippen LogP contribution in [0.2, 0.25) is 0 Å². The first-order valence-electron chi connectivity index (χ1n) is 10.6. The third kappa shape index (κ3) is 2.69. The van der Waals surface area contributed by atoms with Gasteiger partial charge in [-0.1, -0.05) is 24.3 Å². The van der Waals surface area contributed by atoms with E-state index < -0.39 is 18.6 Å². The highest BCUT2D eigenvalue weighted by Gasteiger charge is 2.67. The number of rotatable bonds is 5. The number of hydrogen-bond donors (Lipinski definition) is 0. The molecule has 156 valence electrons. The fourth-order valence-corrected chi connectivity index (χ4v) is 5.72. The lowest BCUT2D eigenvalue weighted by Gasteiger charge is -2.37. The van der Waals surface area contributed by atoms with Crippen LogP contribution in [0.5, 0.6) is 0 Å². The summed E-state index contributed by atoms with van der Waals surface area (Å²) in [5.74, 6) is -1.01. The van der Waals surface area contributed by atoms with Crippen LogP contribution in [0.25, 0.3) is 0 Å². The summed E-state index contributed by atoms with van der Waals surface area (Å²) >= 11 is 0. The van der Waals surface area contributed by atoms with Gasteiger partial charge in [-0.25, -0.2) is 4.79 Å². The minimum Gasteiger partial charge on any atom is -0.456 e. The van der Waals surface area contributed by atoms with E-state index in [4.69, 9.17) is 4.74 Å². The van der Waals surface area contributed by atoms with Gasteiger partial charge in [0.2, 0.25) is 11.8 Å². The van der Waals surface area contributed by atoms with E-state index in [1.165, 1.54) is 6.92 Å². The van der Waals surface area contributed by atoms with Crippen molar-refractivity contribution in [3.8, 4) is 0 Å². The summed E-state index contributed by atoms with van der Waals surface area (Å²) in [6, 6.07) is 4.29. The number of imide groups is 1. The predicted molar refractivity (Wildman–Crippen MR) is 107 cm³/mol. The molecule has 1 saturated heterocycles. The minimum atomic E-state index is -1.03. The van der Waals surface area contributed by atoms with E-state index >= 15 is 0 Å². The van der Waals surface area contributed by atoms with Crippen LogP contribution in [0.15, 0.2) is 30.4 Å². The zero-order valence-electron chi connectivity index (χ0n) is 17.3. The third-order valence-electron chi connectivity index (χ3n) is 7.60. The number of carbonyl (C=O) groups excluding carboxylic acids is 4. The second kappa shape index (κ2) is 6.62. The van der Waals surface area contributed by atoms with Gasteiger partial charge in [0, 0.05) is 5.56 Å². The number of Topliss-reactive ketones (excluding diaryl/α,β-unsaturated/α-hetero) is 1. The fraction of sp³-hybridized carbons (Fsp3) is 0.500. The molecule has 5 aliphatic rings. The largest absolute Gasteiger partial charge is 0.456 e. The molecule has 6 heteroatoms. The van der Waals surface area contributed by atoms with Crippen LogP contribution >= 0.6 is 0 Å². The van der Waals surface area contributed by atoms with Crippen molar-refractivity contribution < 1.29 is 23.9 Å². The van der Waals surface area contributed by atoms with E-state index in [0.717, 1.165) is 22.4 Å². The van der Waals surface area contributed by atoms with Crippen LogP contribution in [0.4, 0.5) is 0 Å². The number of nitrogens with zero attached hydrogens (tertiary/aromatic N) is 1. The highest BCUT2D eigenvalue weighted by molar-refractivity contribution is 6.09. The van der Waals surface area contributed by atoms with Crippen LogP contribution < -0.4 is 0 Å². The van der Waals surface area contributed by atoms with Gasteiger partial charge in [0.05, 0.1) is 11.8 Å². The summed E-state index contributed by atoms with van der Waals surface area (Å²) in [6.07, 6.45) is 5.29. The standard InChI is InChI=1S/C24H25NO5/c1-11-4-5-14(8-12(11)2)19(26)10-30-24(29)13(3)25-22(27)20-15-6-7-16(18-9-17(15)18)21(20)23(25)28/h4-8,13,15-18,20-21H,9-10H2,1-3H3/t13-,15-,16-,17-,18-,20+,21+/m0/s1. The normalized spacial score (nSPS) is 33.9. The second-order valence-electron chi connectivity index (χ2n) is 9.21. The lowest BCUT2D eigenvalue weighted by molar-refractivity contribution is -0.157. The van der Waals surface area contributed by atoms with E-state index in [1.54, 1.807) is 12.1 Å². The van der Waals surface area contributed by atoms with Crippen LogP contribution in [-0.4, -0.2) is 41.1 Å². The Morgan fingerprint density at radius 2 is 1.63 bits per heavy atom. The number of allylic oxidation sites excluding steroid dienone is 2. The highest BCUT2D eigenvalue weighted by atomic mass is 16.5. The average Bonchev–Trinajstić information content (AvgIpc) is 3.51. The third-order valence-corrected chi connectivity index (χ3v) is 7.60. The molecule has 30 heavy (non-hydrogen) atoms. The van der Waals surface area contributed by atoms with E-state index in [2.05, 4.69) is 12.2 Å². The molecule has 1 aliphatic heterocycles. The molecule has 1 aromatic carbocycles. The maximum Gasteiger partial charge on any atom is 0.329 e. The van der Waals surface area contributed by atoms with Gasteiger partial charge < -0.3 is 4.74 Å². The molecule has 0 aromatic heterocycles. The number of carbonyl (C=O) groups is 4. The van der Waals surface area contributed by atoms with Crippen LogP contribution in [0, 0.1) is 49.4 Å². The number of aryl methyl sites for hydroxylation is 2. The van der Waals surface area contributed by atoms with Crippen molar-refractivity contribution in [3.63, 3.8) is 0 Å². The molecule has 4 aliphatic carbocycles. The Balaban J connectivity index is 1.26. The molecular weight excluding hydrogens is 382 g/mol. The maximum atomic E-state index is 13.1. The first-order valence-corrected chi connectivity index (χ1v) is 10.6. The predicted octanol–water partition coefficient (Wildman–Crippen LogP) is 2.47. The molecule has 6 rings (SSSR count). The molecule has 2 bridgehead atoms. The van der Waals surface area contributed by atoms with Crippen LogP contribution in [0.3, 0.4) is 0 Å². The van der Waals surface area contributed by atoms with Crippen LogP contribution in [-0.2, 0) is 19.1 Å². The molecule has 3 fully saturated rings. The molecule has 6 nitrogen and oxygen atoms in total. The number of esters is 1. The quantitative estimate of drug-likeness (QED) is 0.324. The Labute approximate surface area is 175 Å². The summed E-state index contributed by atoms with van der Waals surface area (Å²) in [7, 11) is 0. The van der Waals surface area contributed by atoms with Gasteiger partial charge >= 0.3 is 5.97 Å². The maximum absolute atomic E-state index is 13.1. The Kier molecular flexibility index (Phi) is 4.24. The summed E-state index contributed by atoms with van der Waals surface area (Å²) in [5.41, 5.74) is 2.53. The van der Waals surface area contributed by atoms with E-state index in [-0.39, 0.29) is 41.3 Å². The zero-order chi connectivity index (χ0) is 21.3. The van der Waals surface area contributed by atoms with Gasteiger partial charge in [-0.2, -0.15) is 0 Å². The molecule has 0 unspecified atom stereocenters. The van der Waals surface area contributed by atoms with Crippen molar-refractivity contribution in [2.45, 2.75) is 33.2 Å². The second-order valence-corrected chi connectivity index (χ2v) is 9.21. The zero-order valence-corrected chi connectivity index (χ0v) is 17.3. The number of ether oxygens (including phenoxy) is 1. The minimum absolute atomic E-state index is 0.112. The summed E-state index contributed by atoms with van der Waals surface area (Å²) in [5, 5.41) is 0. The fourth-order valence-electron chi connectivity index (χ4n) is 5.72. The molecular formula is C24H25NO5. The van der Waals surface area contributed by atoms with Gasteiger partial charge in [-0.05, 0) is 68.1 Å². The first-order chi connectivity index (χ1) is 14.3. The Bertz CT molecular complexity index is 975. The van der Waals surface area contributed by atoms with Gasteiger partial charge in [0.15, 0.2) is 12.4 Å². The van der Waals surface area contributed by atoms with Crippen LogP contribution in [0.1, 0.15) is 34.8 Å².